The number of benzene rings is 1. The van der Waals surface area contributed by atoms with E-state index in [1.165, 1.54) is 31.2 Å². The lowest BCUT2D eigenvalue weighted by Gasteiger charge is -2.46. The van der Waals surface area contributed by atoms with Crippen molar-refractivity contribution in [3.05, 3.63) is 48.2 Å². The Morgan fingerprint density at radius 2 is 1.91 bits per heavy atom. The van der Waals surface area contributed by atoms with E-state index in [9.17, 15) is 0 Å². The molecule has 2 saturated heterocycles. The minimum atomic E-state index is 0.558. The molecule has 1 aliphatic carbocycles. The van der Waals surface area contributed by atoms with E-state index in [1.54, 1.807) is 0 Å². The predicted molar refractivity (Wildman–Crippen MR) is 128 cm³/mol. The quantitative estimate of drug-likeness (QED) is 0.565. The highest BCUT2D eigenvalue weighted by Gasteiger charge is 2.34. The van der Waals surface area contributed by atoms with Gasteiger partial charge in [-0.25, -0.2) is 4.98 Å². The van der Waals surface area contributed by atoms with Gasteiger partial charge in [-0.15, -0.1) is 0 Å². The third kappa shape index (κ3) is 4.84. The van der Waals surface area contributed by atoms with Gasteiger partial charge in [-0.05, 0) is 55.8 Å². The smallest absolute Gasteiger partial charge is 0.213 e. The first-order valence-corrected chi connectivity index (χ1v) is 12.4. The summed E-state index contributed by atoms with van der Waals surface area (Å²) in [6, 6.07) is 12.9. The molecule has 0 unspecified atom stereocenters. The summed E-state index contributed by atoms with van der Waals surface area (Å²) < 4.78 is 11.6. The summed E-state index contributed by atoms with van der Waals surface area (Å²) in [5.74, 6) is 3.20. The lowest BCUT2D eigenvalue weighted by atomic mass is 9.91. The molecule has 0 spiro atoms. The lowest BCUT2D eigenvalue weighted by Crippen LogP contribution is -2.57. The van der Waals surface area contributed by atoms with Crippen molar-refractivity contribution in [1.29, 1.82) is 0 Å². The number of aromatic nitrogens is 2. The number of nitrogens with one attached hydrogen (secondary N) is 1. The maximum Gasteiger partial charge on any atom is 0.213 e. The van der Waals surface area contributed by atoms with Crippen LogP contribution in [0.4, 0.5) is 5.82 Å². The summed E-state index contributed by atoms with van der Waals surface area (Å²) >= 11 is 0. The Balaban J connectivity index is 0.978. The van der Waals surface area contributed by atoms with Gasteiger partial charge in [-0.3, -0.25) is 4.90 Å². The average Bonchev–Trinajstić information content (AvgIpc) is 3.59. The molecule has 0 bridgehead atoms. The number of hydrogen-bond donors (Lipinski definition) is 1. The molecule has 2 atom stereocenters. The van der Waals surface area contributed by atoms with Crippen LogP contribution in [0.5, 0.6) is 5.88 Å². The van der Waals surface area contributed by atoms with Crippen molar-refractivity contribution in [2.45, 2.75) is 38.3 Å². The fraction of sp³-hybridized carbons (Fsp3) is 0.538. The molecule has 6 rings (SSSR count). The van der Waals surface area contributed by atoms with Crippen LogP contribution in [0.3, 0.4) is 0 Å². The number of anilines is 1. The minimum Gasteiger partial charge on any atom is -0.477 e. The van der Waals surface area contributed by atoms with Crippen LogP contribution in [-0.2, 0) is 6.54 Å². The van der Waals surface area contributed by atoms with Crippen molar-refractivity contribution >= 4 is 16.8 Å². The largest absolute Gasteiger partial charge is 0.477 e. The fourth-order valence-electron chi connectivity index (χ4n) is 5.23. The third-order valence-electron chi connectivity index (χ3n) is 7.39. The summed E-state index contributed by atoms with van der Waals surface area (Å²) in [5.41, 5.74) is 2.09. The lowest BCUT2D eigenvalue weighted by molar-refractivity contribution is 0.0717. The molecule has 2 aliphatic heterocycles. The summed E-state index contributed by atoms with van der Waals surface area (Å²) in [4.78, 5) is 9.56. The molecule has 0 amide bonds. The van der Waals surface area contributed by atoms with Gasteiger partial charge in [-0.1, -0.05) is 23.4 Å². The van der Waals surface area contributed by atoms with Gasteiger partial charge in [0.25, 0.3) is 0 Å². The van der Waals surface area contributed by atoms with Gasteiger partial charge in [0, 0.05) is 56.9 Å². The SMILES string of the molecule is c1ccc2c(N3CCN4C[C@H](COc5ccc(CNCC6CC6)cn5)CC[C@@H]4C3)noc2c1. The molecule has 33 heavy (non-hydrogen) atoms. The first kappa shape index (κ1) is 20.9. The Morgan fingerprint density at radius 1 is 1.00 bits per heavy atom. The van der Waals surface area contributed by atoms with Crippen molar-refractivity contribution in [2.75, 3.05) is 44.2 Å². The van der Waals surface area contributed by atoms with Gasteiger partial charge >= 0.3 is 0 Å². The molecular formula is C26H33N5O2. The number of pyridine rings is 1. The second kappa shape index (κ2) is 9.31. The van der Waals surface area contributed by atoms with E-state index in [0.717, 1.165) is 74.5 Å². The van der Waals surface area contributed by atoms with Gasteiger partial charge in [0.1, 0.15) is 0 Å². The van der Waals surface area contributed by atoms with Crippen molar-refractivity contribution in [3.63, 3.8) is 0 Å². The van der Waals surface area contributed by atoms with E-state index >= 15 is 0 Å². The number of nitrogens with zero attached hydrogens (tertiary/aromatic N) is 4. The van der Waals surface area contributed by atoms with Gasteiger partial charge in [-0.2, -0.15) is 0 Å². The number of piperidine rings is 1. The first-order valence-electron chi connectivity index (χ1n) is 12.4. The highest BCUT2D eigenvalue weighted by molar-refractivity contribution is 5.88. The monoisotopic (exact) mass is 447 g/mol. The molecular weight excluding hydrogens is 414 g/mol. The van der Waals surface area contributed by atoms with Crippen LogP contribution in [0.1, 0.15) is 31.2 Å². The third-order valence-corrected chi connectivity index (χ3v) is 7.39. The van der Waals surface area contributed by atoms with Crippen molar-refractivity contribution in [2.24, 2.45) is 11.8 Å². The number of rotatable bonds is 8. The molecule has 4 heterocycles. The average molecular weight is 448 g/mol. The van der Waals surface area contributed by atoms with Crippen LogP contribution >= 0.6 is 0 Å². The molecule has 7 heteroatoms. The Labute approximate surface area is 195 Å². The zero-order valence-corrected chi connectivity index (χ0v) is 19.2. The second-order valence-corrected chi connectivity index (χ2v) is 9.93. The molecule has 7 nitrogen and oxygen atoms in total. The van der Waals surface area contributed by atoms with Crippen LogP contribution in [0, 0.1) is 11.8 Å². The molecule has 1 N–H and O–H groups in total. The molecule has 174 valence electrons. The van der Waals surface area contributed by atoms with Crippen molar-refractivity contribution < 1.29 is 9.26 Å². The number of fused-ring (bicyclic) bond motifs is 2. The topological polar surface area (TPSA) is 66.7 Å². The standard InChI is InChI=1S/C26H33N5O2/c1-2-4-24-23(3-1)26(29-33-24)31-12-11-30-16-21(7-9-22(30)17-31)18-32-25-10-8-20(15-28-25)14-27-13-19-5-6-19/h1-4,8,10,15,19,21-22,27H,5-7,9,11-14,16-18H2/t21-,22-/m1/s1. The fourth-order valence-corrected chi connectivity index (χ4v) is 5.23. The highest BCUT2D eigenvalue weighted by atomic mass is 16.5. The molecule has 2 aromatic heterocycles. The van der Waals surface area contributed by atoms with Crippen LogP contribution in [-0.4, -0.2) is 60.4 Å². The van der Waals surface area contributed by atoms with Crippen molar-refractivity contribution in [1.82, 2.24) is 20.4 Å². The highest BCUT2D eigenvalue weighted by Crippen LogP contribution is 2.31. The zero-order chi connectivity index (χ0) is 22.0. The first-order chi connectivity index (χ1) is 16.3. The molecule has 3 aliphatic rings. The predicted octanol–water partition coefficient (Wildman–Crippen LogP) is 3.70. The number of piperazine rings is 1. The Kier molecular flexibility index (Phi) is 5.91. The summed E-state index contributed by atoms with van der Waals surface area (Å²) in [6.07, 6.45) is 7.10. The van der Waals surface area contributed by atoms with Crippen LogP contribution in [0.2, 0.25) is 0 Å². The van der Waals surface area contributed by atoms with Gasteiger partial charge < -0.3 is 19.5 Å². The molecule has 0 radical (unpaired) electrons. The number of ether oxygens (including phenoxy) is 1. The normalized spacial score (nSPS) is 23.6. The zero-order valence-electron chi connectivity index (χ0n) is 19.2. The Hall–Kier alpha value is -2.64. The van der Waals surface area contributed by atoms with E-state index < -0.39 is 0 Å². The van der Waals surface area contributed by atoms with Gasteiger partial charge in [0.2, 0.25) is 5.88 Å². The maximum absolute atomic E-state index is 6.07. The maximum atomic E-state index is 6.07. The van der Waals surface area contributed by atoms with E-state index in [1.807, 2.05) is 24.4 Å². The van der Waals surface area contributed by atoms with E-state index in [-0.39, 0.29) is 0 Å². The summed E-state index contributed by atoms with van der Waals surface area (Å²) in [7, 11) is 0. The van der Waals surface area contributed by atoms with Crippen LogP contribution < -0.4 is 15.0 Å². The van der Waals surface area contributed by atoms with Gasteiger partial charge in [0.05, 0.1) is 12.0 Å². The number of hydrogen-bond acceptors (Lipinski definition) is 7. The molecule has 1 aromatic carbocycles. The van der Waals surface area contributed by atoms with Crippen molar-refractivity contribution in [3.8, 4) is 5.88 Å². The molecule has 3 fully saturated rings. The molecule has 3 aromatic rings. The van der Waals surface area contributed by atoms with E-state index in [0.29, 0.717) is 12.0 Å². The van der Waals surface area contributed by atoms with Gasteiger partial charge in [0.15, 0.2) is 11.4 Å². The Bertz CT molecular complexity index is 1060. The van der Waals surface area contributed by atoms with E-state index in [4.69, 9.17) is 9.26 Å². The Morgan fingerprint density at radius 3 is 2.79 bits per heavy atom. The summed E-state index contributed by atoms with van der Waals surface area (Å²) in [5, 5.41) is 9.00. The number of para-hydroxylation sites is 1. The minimum absolute atomic E-state index is 0.558. The second-order valence-electron chi connectivity index (χ2n) is 9.93. The van der Waals surface area contributed by atoms with Crippen LogP contribution in [0.15, 0.2) is 47.1 Å². The van der Waals surface area contributed by atoms with Crippen LogP contribution in [0.25, 0.3) is 11.0 Å². The molecule has 1 saturated carbocycles. The van der Waals surface area contributed by atoms with E-state index in [2.05, 4.69) is 43.5 Å². The summed E-state index contributed by atoms with van der Waals surface area (Å²) in [6.45, 7) is 6.92.